The number of piperidine rings is 1. The molecule has 2 aromatic rings. The van der Waals surface area contributed by atoms with E-state index in [0.29, 0.717) is 6.10 Å². The van der Waals surface area contributed by atoms with Crippen LogP contribution in [0.2, 0.25) is 5.02 Å². The van der Waals surface area contributed by atoms with E-state index in [4.69, 9.17) is 16.3 Å². The van der Waals surface area contributed by atoms with Crippen LogP contribution < -0.4 is 5.32 Å². The highest BCUT2D eigenvalue weighted by molar-refractivity contribution is 7.09. The Morgan fingerprint density at radius 1 is 1.25 bits per heavy atom. The maximum absolute atomic E-state index is 6.33. The van der Waals surface area contributed by atoms with Crippen molar-refractivity contribution in [1.82, 2.24) is 10.3 Å². The van der Waals surface area contributed by atoms with E-state index in [9.17, 15) is 0 Å². The van der Waals surface area contributed by atoms with Crippen molar-refractivity contribution in [2.75, 3.05) is 13.1 Å². The van der Waals surface area contributed by atoms with Gasteiger partial charge in [-0.3, -0.25) is 0 Å². The fraction of sp³-hybridized carbons (Fsp3) is 0.400. The van der Waals surface area contributed by atoms with Gasteiger partial charge in [-0.05, 0) is 43.6 Å². The van der Waals surface area contributed by atoms with Gasteiger partial charge in [0.05, 0.1) is 6.10 Å². The number of halogens is 1. The summed E-state index contributed by atoms with van der Waals surface area (Å²) in [6, 6.07) is 7.86. The van der Waals surface area contributed by atoms with Gasteiger partial charge in [0.1, 0.15) is 11.1 Å². The van der Waals surface area contributed by atoms with Crippen LogP contribution in [0.25, 0.3) is 0 Å². The molecule has 1 atom stereocenters. The zero-order valence-corrected chi connectivity index (χ0v) is 12.7. The lowest BCUT2D eigenvalue weighted by Crippen LogP contribution is -2.33. The quantitative estimate of drug-likeness (QED) is 0.936. The van der Waals surface area contributed by atoms with Crippen molar-refractivity contribution in [2.45, 2.75) is 25.0 Å². The molecule has 1 unspecified atom stereocenters. The summed E-state index contributed by atoms with van der Waals surface area (Å²) in [5.41, 5.74) is 1.11. The summed E-state index contributed by atoms with van der Waals surface area (Å²) in [7, 11) is 0. The molecule has 3 rings (SSSR count). The minimum Gasteiger partial charge on any atom is -0.363 e. The van der Waals surface area contributed by atoms with Gasteiger partial charge in [-0.2, -0.15) is 0 Å². The summed E-state index contributed by atoms with van der Waals surface area (Å²) in [5.74, 6) is 0. The molecule has 3 nitrogen and oxygen atoms in total. The molecule has 0 saturated carbocycles. The Hall–Kier alpha value is -0.940. The molecule has 0 aliphatic carbocycles. The molecule has 0 bridgehead atoms. The molecular formula is C15H17ClN2OS. The Kier molecular flexibility index (Phi) is 4.68. The number of aromatic nitrogens is 1. The highest BCUT2D eigenvalue weighted by atomic mass is 35.5. The van der Waals surface area contributed by atoms with Crippen molar-refractivity contribution in [2.24, 2.45) is 0 Å². The monoisotopic (exact) mass is 308 g/mol. The third-order valence-electron chi connectivity index (χ3n) is 3.46. The van der Waals surface area contributed by atoms with Crippen molar-refractivity contribution < 1.29 is 4.74 Å². The highest BCUT2D eigenvalue weighted by Gasteiger charge is 2.23. The largest absolute Gasteiger partial charge is 0.363 e. The molecule has 1 aromatic carbocycles. The highest BCUT2D eigenvalue weighted by Crippen LogP contribution is 2.31. The second kappa shape index (κ2) is 6.68. The Bertz CT molecular complexity index is 523. The summed E-state index contributed by atoms with van der Waals surface area (Å²) in [6.45, 7) is 2.05. The Morgan fingerprint density at radius 2 is 2.00 bits per heavy atom. The molecular weight excluding hydrogens is 292 g/mol. The van der Waals surface area contributed by atoms with E-state index in [-0.39, 0.29) is 6.10 Å². The van der Waals surface area contributed by atoms with Crippen molar-refractivity contribution >= 4 is 22.9 Å². The summed E-state index contributed by atoms with van der Waals surface area (Å²) in [6.07, 6.45) is 4.14. The number of benzene rings is 1. The number of hydrogen-bond acceptors (Lipinski definition) is 4. The zero-order chi connectivity index (χ0) is 13.8. The van der Waals surface area contributed by atoms with Gasteiger partial charge in [0.2, 0.25) is 0 Å². The van der Waals surface area contributed by atoms with Gasteiger partial charge in [0.15, 0.2) is 0 Å². The summed E-state index contributed by atoms with van der Waals surface area (Å²) in [5, 5.41) is 7.10. The first-order valence-electron chi connectivity index (χ1n) is 6.84. The standard InChI is InChI=1S/C15H17ClN2OS/c16-12-3-1-11(2-4-12)14(15-18-9-10-20-15)19-13-5-7-17-8-6-13/h1-4,9-10,13-14,17H,5-8H2. The number of nitrogens with one attached hydrogen (secondary N) is 1. The Balaban J connectivity index is 1.82. The maximum atomic E-state index is 6.33. The second-order valence-electron chi connectivity index (χ2n) is 4.89. The fourth-order valence-electron chi connectivity index (χ4n) is 2.40. The average Bonchev–Trinajstić information content (AvgIpc) is 3.01. The van der Waals surface area contributed by atoms with Crippen LogP contribution in [-0.2, 0) is 4.74 Å². The predicted molar refractivity (Wildman–Crippen MR) is 82.4 cm³/mol. The predicted octanol–water partition coefficient (Wildman–Crippen LogP) is 3.65. The molecule has 0 radical (unpaired) electrons. The van der Waals surface area contributed by atoms with Crippen LogP contribution in [0.3, 0.4) is 0 Å². The van der Waals surface area contributed by atoms with Gasteiger partial charge in [-0.1, -0.05) is 23.7 Å². The molecule has 20 heavy (non-hydrogen) atoms. The second-order valence-corrected chi connectivity index (χ2v) is 6.25. The van der Waals surface area contributed by atoms with Crippen LogP contribution in [0.4, 0.5) is 0 Å². The Morgan fingerprint density at radius 3 is 2.65 bits per heavy atom. The SMILES string of the molecule is Clc1ccc(C(OC2CCNCC2)c2nccs2)cc1. The summed E-state index contributed by atoms with van der Waals surface area (Å²) in [4.78, 5) is 4.43. The topological polar surface area (TPSA) is 34.1 Å². The first kappa shape index (κ1) is 14.0. The van der Waals surface area contributed by atoms with E-state index in [0.717, 1.165) is 41.5 Å². The zero-order valence-electron chi connectivity index (χ0n) is 11.1. The molecule has 1 saturated heterocycles. The normalized spacial score (nSPS) is 18.1. The lowest BCUT2D eigenvalue weighted by molar-refractivity contribution is -0.00813. The molecule has 1 N–H and O–H groups in total. The summed E-state index contributed by atoms with van der Waals surface area (Å²) >= 11 is 7.60. The van der Waals surface area contributed by atoms with E-state index in [1.54, 1.807) is 11.3 Å². The molecule has 1 fully saturated rings. The van der Waals surface area contributed by atoms with Crippen LogP contribution in [0, 0.1) is 0 Å². The number of nitrogens with zero attached hydrogens (tertiary/aromatic N) is 1. The van der Waals surface area contributed by atoms with Crippen LogP contribution in [0.1, 0.15) is 29.5 Å². The van der Waals surface area contributed by atoms with Crippen LogP contribution in [-0.4, -0.2) is 24.2 Å². The van der Waals surface area contributed by atoms with E-state index >= 15 is 0 Å². The maximum Gasteiger partial charge on any atom is 0.134 e. The van der Waals surface area contributed by atoms with E-state index in [1.165, 1.54) is 0 Å². The molecule has 0 spiro atoms. The van der Waals surface area contributed by atoms with Gasteiger partial charge in [-0.25, -0.2) is 4.98 Å². The smallest absolute Gasteiger partial charge is 0.134 e. The van der Waals surface area contributed by atoms with Crippen molar-refractivity contribution in [3.8, 4) is 0 Å². The van der Waals surface area contributed by atoms with Crippen LogP contribution in [0.15, 0.2) is 35.8 Å². The number of hydrogen-bond donors (Lipinski definition) is 1. The number of thiazole rings is 1. The van der Waals surface area contributed by atoms with Gasteiger partial charge < -0.3 is 10.1 Å². The van der Waals surface area contributed by atoms with Crippen molar-refractivity contribution in [3.05, 3.63) is 51.4 Å². The minimum atomic E-state index is -0.0876. The van der Waals surface area contributed by atoms with Gasteiger partial charge >= 0.3 is 0 Å². The van der Waals surface area contributed by atoms with Crippen LogP contribution >= 0.6 is 22.9 Å². The molecule has 5 heteroatoms. The molecule has 1 aliphatic heterocycles. The lowest BCUT2D eigenvalue weighted by Gasteiger charge is -2.27. The molecule has 1 aromatic heterocycles. The van der Waals surface area contributed by atoms with E-state index in [2.05, 4.69) is 10.3 Å². The van der Waals surface area contributed by atoms with Gasteiger partial charge in [0, 0.05) is 16.6 Å². The molecule has 106 valence electrons. The number of ether oxygens (including phenoxy) is 1. The Labute approximate surface area is 127 Å². The van der Waals surface area contributed by atoms with Gasteiger partial charge in [0.25, 0.3) is 0 Å². The minimum absolute atomic E-state index is 0.0876. The third kappa shape index (κ3) is 3.38. The third-order valence-corrected chi connectivity index (χ3v) is 4.53. The molecule has 0 amide bonds. The van der Waals surface area contributed by atoms with E-state index in [1.807, 2.05) is 35.8 Å². The molecule has 2 heterocycles. The molecule has 1 aliphatic rings. The number of rotatable bonds is 4. The first-order chi connectivity index (χ1) is 9.83. The fourth-order valence-corrected chi connectivity index (χ4v) is 3.23. The van der Waals surface area contributed by atoms with Crippen molar-refractivity contribution in [3.63, 3.8) is 0 Å². The lowest BCUT2D eigenvalue weighted by atomic mass is 10.1. The van der Waals surface area contributed by atoms with Crippen LogP contribution in [0.5, 0.6) is 0 Å². The summed E-state index contributed by atoms with van der Waals surface area (Å²) < 4.78 is 6.33. The average molecular weight is 309 g/mol. The van der Waals surface area contributed by atoms with Gasteiger partial charge in [-0.15, -0.1) is 11.3 Å². The van der Waals surface area contributed by atoms with E-state index < -0.39 is 0 Å². The first-order valence-corrected chi connectivity index (χ1v) is 8.10. The van der Waals surface area contributed by atoms with Crippen molar-refractivity contribution in [1.29, 1.82) is 0 Å².